The van der Waals surface area contributed by atoms with E-state index in [1.54, 1.807) is 56.7 Å². The van der Waals surface area contributed by atoms with Gasteiger partial charge in [0.05, 0.1) is 19.1 Å². The molecule has 3 rings (SSSR count). The molecule has 8 heteroatoms. The monoisotopic (exact) mass is 430 g/mol. The number of piperidine rings is 1. The van der Waals surface area contributed by atoms with Crippen LogP contribution in [0.5, 0.6) is 11.5 Å². The van der Waals surface area contributed by atoms with Crippen molar-refractivity contribution in [1.82, 2.24) is 4.31 Å². The zero-order valence-corrected chi connectivity index (χ0v) is 17.9. The minimum atomic E-state index is -3.56. The van der Waals surface area contributed by atoms with Gasteiger partial charge >= 0.3 is 0 Å². The van der Waals surface area contributed by atoms with Crippen molar-refractivity contribution in [2.24, 2.45) is 0 Å². The van der Waals surface area contributed by atoms with Gasteiger partial charge in [0, 0.05) is 30.4 Å². The van der Waals surface area contributed by atoms with Crippen LogP contribution in [-0.4, -0.2) is 45.9 Å². The quantitative estimate of drug-likeness (QED) is 0.680. The molecule has 1 fully saturated rings. The Morgan fingerprint density at radius 2 is 1.80 bits per heavy atom. The molecular formula is C22H26N2O5S. The number of nitrogens with zero attached hydrogens (tertiary/aromatic N) is 1. The first-order valence-corrected chi connectivity index (χ1v) is 11.2. The highest BCUT2D eigenvalue weighted by atomic mass is 32.2. The van der Waals surface area contributed by atoms with Crippen LogP contribution in [0.4, 0.5) is 5.69 Å². The number of anilines is 1. The van der Waals surface area contributed by atoms with Crippen LogP contribution < -0.4 is 14.8 Å². The molecule has 1 amide bonds. The minimum absolute atomic E-state index is 0.181. The second-order valence-corrected chi connectivity index (χ2v) is 8.86. The first-order valence-electron chi connectivity index (χ1n) is 9.75. The average molecular weight is 431 g/mol. The van der Waals surface area contributed by atoms with Gasteiger partial charge in [0.15, 0.2) is 0 Å². The van der Waals surface area contributed by atoms with Crippen LogP contribution in [0.15, 0.2) is 53.4 Å². The van der Waals surface area contributed by atoms with Crippen molar-refractivity contribution in [2.75, 3.05) is 32.6 Å². The normalized spacial score (nSPS) is 15.1. The molecule has 7 nitrogen and oxygen atoms in total. The Balaban J connectivity index is 1.73. The van der Waals surface area contributed by atoms with Gasteiger partial charge in [-0.15, -0.1) is 0 Å². The molecule has 160 valence electrons. The molecule has 0 unspecified atom stereocenters. The Kier molecular flexibility index (Phi) is 7.12. The maximum atomic E-state index is 12.8. The highest BCUT2D eigenvalue weighted by molar-refractivity contribution is 7.89. The van der Waals surface area contributed by atoms with Gasteiger partial charge in [-0.25, -0.2) is 8.42 Å². The van der Waals surface area contributed by atoms with E-state index in [1.807, 2.05) is 0 Å². The summed E-state index contributed by atoms with van der Waals surface area (Å²) >= 11 is 0. The van der Waals surface area contributed by atoms with Crippen molar-refractivity contribution in [3.8, 4) is 11.5 Å². The summed E-state index contributed by atoms with van der Waals surface area (Å²) in [6, 6.07) is 11.6. The largest absolute Gasteiger partial charge is 0.497 e. The number of amides is 1. The number of ether oxygens (including phenoxy) is 2. The summed E-state index contributed by atoms with van der Waals surface area (Å²) in [5.41, 5.74) is 1.11. The molecular weight excluding hydrogens is 404 g/mol. The van der Waals surface area contributed by atoms with E-state index in [-0.39, 0.29) is 10.8 Å². The third-order valence-corrected chi connectivity index (χ3v) is 6.80. The Bertz CT molecular complexity index is 1030. The topological polar surface area (TPSA) is 84.9 Å². The first kappa shape index (κ1) is 21.9. The Labute approximate surface area is 177 Å². The number of carbonyl (C=O) groups excluding carboxylic acids is 1. The second-order valence-electron chi connectivity index (χ2n) is 6.92. The van der Waals surface area contributed by atoms with Crippen LogP contribution in [0, 0.1) is 0 Å². The summed E-state index contributed by atoms with van der Waals surface area (Å²) in [7, 11) is -0.447. The molecule has 1 aliphatic rings. The number of carbonyl (C=O) groups is 1. The molecule has 1 aliphatic heterocycles. The summed E-state index contributed by atoms with van der Waals surface area (Å²) in [6.07, 6.45) is 5.77. The highest BCUT2D eigenvalue weighted by Crippen LogP contribution is 2.25. The zero-order valence-electron chi connectivity index (χ0n) is 17.1. The van der Waals surface area contributed by atoms with Crippen molar-refractivity contribution in [3.63, 3.8) is 0 Å². The SMILES string of the molecule is COc1ccc(OC)c(/C=C/C(=O)Nc2cccc(S(=O)(=O)N3CCCCC3)c2)c1. The Hall–Kier alpha value is -2.84. The number of sulfonamides is 1. The minimum Gasteiger partial charge on any atom is -0.497 e. The maximum absolute atomic E-state index is 12.8. The fourth-order valence-electron chi connectivity index (χ4n) is 3.31. The van der Waals surface area contributed by atoms with Gasteiger partial charge in [-0.1, -0.05) is 12.5 Å². The highest BCUT2D eigenvalue weighted by Gasteiger charge is 2.26. The van der Waals surface area contributed by atoms with Crippen molar-refractivity contribution in [2.45, 2.75) is 24.2 Å². The number of rotatable bonds is 7. The predicted molar refractivity (Wildman–Crippen MR) is 116 cm³/mol. The van der Waals surface area contributed by atoms with Gasteiger partial charge in [-0.3, -0.25) is 4.79 Å². The summed E-state index contributed by atoms with van der Waals surface area (Å²) in [5, 5.41) is 2.71. The lowest BCUT2D eigenvalue weighted by Gasteiger charge is -2.26. The molecule has 1 saturated heterocycles. The zero-order chi connectivity index (χ0) is 21.6. The third kappa shape index (κ3) is 5.20. The molecule has 1 N–H and O–H groups in total. The molecule has 0 saturated carbocycles. The van der Waals surface area contributed by atoms with Crippen LogP contribution in [0.25, 0.3) is 6.08 Å². The van der Waals surface area contributed by atoms with Crippen LogP contribution in [-0.2, 0) is 14.8 Å². The van der Waals surface area contributed by atoms with Gasteiger partial charge in [-0.2, -0.15) is 4.31 Å². The van der Waals surface area contributed by atoms with E-state index >= 15 is 0 Å². The molecule has 30 heavy (non-hydrogen) atoms. The number of hydrogen-bond acceptors (Lipinski definition) is 5. The molecule has 2 aromatic carbocycles. The van der Waals surface area contributed by atoms with Crippen LogP contribution in [0.1, 0.15) is 24.8 Å². The molecule has 1 heterocycles. The van der Waals surface area contributed by atoms with Gasteiger partial charge in [-0.05, 0) is 55.3 Å². The van der Waals surface area contributed by atoms with E-state index in [4.69, 9.17) is 9.47 Å². The van der Waals surface area contributed by atoms with Crippen molar-refractivity contribution >= 4 is 27.7 Å². The van der Waals surface area contributed by atoms with E-state index in [0.29, 0.717) is 35.8 Å². The van der Waals surface area contributed by atoms with Crippen molar-refractivity contribution in [3.05, 3.63) is 54.1 Å². The van der Waals surface area contributed by atoms with E-state index in [0.717, 1.165) is 19.3 Å². The Morgan fingerprint density at radius 3 is 2.50 bits per heavy atom. The van der Waals surface area contributed by atoms with E-state index in [2.05, 4.69) is 5.32 Å². The summed E-state index contributed by atoms with van der Waals surface area (Å²) in [6.45, 7) is 1.06. The lowest BCUT2D eigenvalue weighted by molar-refractivity contribution is -0.111. The lowest BCUT2D eigenvalue weighted by Crippen LogP contribution is -2.35. The standard InChI is InChI=1S/C22H26N2O5S/c1-28-19-10-11-21(29-2)17(15-19)9-12-22(25)23-18-7-6-8-20(16-18)30(26,27)24-13-4-3-5-14-24/h6-12,15-16H,3-5,13-14H2,1-2H3,(H,23,25)/b12-9+. The van der Waals surface area contributed by atoms with Crippen molar-refractivity contribution < 1.29 is 22.7 Å². The maximum Gasteiger partial charge on any atom is 0.248 e. The molecule has 0 radical (unpaired) electrons. The van der Waals surface area contributed by atoms with Gasteiger partial charge in [0.25, 0.3) is 0 Å². The van der Waals surface area contributed by atoms with E-state index in [1.165, 1.54) is 16.4 Å². The molecule has 0 atom stereocenters. The van der Waals surface area contributed by atoms with Crippen LogP contribution in [0.2, 0.25) is 0 Å². The van der Waals surface area contributed by atoms with E-state index < -0.39 is 10.0 Å². The summed E-state index contributed by atoms with van der Waals surface area (Å²) in [4.78, 5) is 12.6. The molecule has 0 spiro atoms. The summed E-state index contributed by atoms with van der Waals surface area (Å²) in [5.74, 6) is 0.869. The predicted octanol–water partition coefficient (Wildman–Crippen LogP) is 3.53. The average Bonchev–Trinajstić information content (AvgIpc) is 2.78. The lowest BCUT2D eigenvalue weighted by atomic mass is 10.1. The third-order valence-electron chi connectivity index (χ3n) is 4.91. The number of hydrogen-bond donors (Lipinski definition) is 1. The second kappa shape index (κ2) is 9.77. The fraction of sp³-hybridized carbons (Fsp3) is 0.318. The number of nitrogens with one attached hydrogen (secondary N) is 1. The van der Waals surface area contributed by atoms with E-state index in [9.17, 15) is 13.2 Å². The van der Waals surface area contributed by atoms with Gasteiger partial charge in [0.1, 0.15) is 11.5 Å². The smallest absolute Gasteiger partial charge is 0.248 e. The number of methoxy groups -OCH3 is 2. The first-order chi connectivity index (χ1) is 14.4. The van der Waals surface area contributed by atoms with Gasteiger partial charge < -0.3 is 14.8 Å². The van der Waals surface area contributed by atoms with Crippen LogP contribution >= 0.6 is 0 Å². The van der Waals surface area contributed by atoms with Crippen LogP contribution in [0.3, 0.4) is 0 Å². The fourth-order valence-corrected chi connectivity index (χ4v) is 4.87. The Morgan fingerprint density at radius 1 is 1.03 bits per heavy atom. The number of benzene rings is 2. The molecule has 2 aromatic rings. The van der Waals surface area contributed by atoms with Gasteiger partial charge in [0.2, 0.25) is 15.9 Å². The summed E-state index contributed by atoms with van der Waals surface area (Å²) < 4.78 is 37.7. The van der Waals surface area contributed by atoms with Crippen molar-refractivity contribution in [1.29, 1.82) is 0 Å². The molecule has 0 bridgehead atoms. The molecule has 0 aliphatic carbocycles. The molecule has 0 aromatic heterocycles.